The van der Waals surface area contributed by atoms with E-state index < -0.39 is 17.9 Å². The molecule has 2 bridgehead atoms. The second-order valence-corrected chi connectivity index (χ2v) is 7.65. The second kappa shape index (κ2) is 7.35. The monoisotopic (exact) mass is 404 g/mol. The fourth-order valence-electron chi connectivity index (χ4n) is 3.61. The van der Waals surface area contributed by atoms with Gasteiger partial charge in [-0.3, -0.25) is 9.59 Å². The Labute approximate surface area is 165 Å². The number of amides is 2. The largest absolute Gasteiger partial charge is 0.484 e. The number of nitrogens with zero attached hydrogens (tertiary/aromatic N) is 2. The minimum absolute atomic E-state index is 0.0316. The molecule has 7 nitrogen and oxygen atoms in total. The predicted octanol–water partition coefficient (Wildman–Crippen LogP) is 2.38. The molecular formula is C19H18ClFN4O3. The Kier molecular flexibility index (Phi) is 4.89. The highest BCUT2D eigenvalue weighted by molar-refractivity contribution is 6.30. The highest BCUT2D eigenvalue weighted by Gasteiger charge is 2.61. The lowest BCUT2D eigenvalue weighted by Gasteiger charge is -2.60. The summed E-state index contributed by atoms with van der Waals surface area (Å²) < 4.78 is 18.8. The molecule has 146 valence electrons. The Hall–Kier alpha value is -2.74. The molecule has 28 heavy (non-hydrogen) atoms. The molecule has 0 aliphatic heterocycles. The molecule has 3 fully saturated rings. The molecule has 5 rings (SSSR count). The van der Waals surface area contributed by atoms with E-state index in [2.05, 4.69) is 20.8 Å². The number of benzene rings is 1. The van der Waals surface area contributed by atoms with Crippen molar-refractivity contribution in [1.29, 1.82) is 0 Å². The first-order valence-corrected chi connectivity index (χ1v) is 9.29. The van der Waals surface area contributed by atoms with Gasteiger partial charge in [0.25, 0.3) is 5.91 Å². The maximum Gasteiger partial charge on any atom is 0.259 e. The van der Waals surface area contributed by atoms with E-state index >= 15 is 0 Å². The van der Waals surface area contributed by atoms with Crippen LogP contribution in [0.25, 0.3) is 0 Å². The van der Waals surface area contributed by atoms with Gasteiger partial charge in [-0.05, 0) is 49.4 Å². The number of carbonyl (C=O) groups is 2. The van der Waals surface area contributed by atoms with Crippen LogP contribution in [0.15, 0.2) is 36.5 Å². The number of hydrogen-bond donors (Lipinski definition) is 2. The zero-order valence-electron chi connectivity index (χ0n) is 14.8. The summed E-state index contributed by atoms with van der Waals surface area (Å²) in [6.45, 7) is -0.360. The van der Waals surface area contributed by atoms with Crippen molar-refractivity contribution < 1.29 is 18.7 Å². The minimum Gasteiger partial charge on any atom is -0.484 e. The van der Waals surface area contributed by atoms with Crippen LogP contribution in [0, 0.1) is 17.2 Å². The van der Waals surface area contributed by atoms with Gasteiger partial charge in [0.05, 0.1) is 10.4 Å². The Morgan fingerprint density at radius 3 is 2.68 bits per heavy atom. The summed E-state index contributed by atoms with van der Waals surface area (Å²) in [6.07, 6.45) is 3.36. The van der Waals surface area contributed by atoms with E-state index in [1.807, 2.05) is 0 Å². The van der Waals surface area contributed by atoms with Crippen LogP contribution in [0.2, 0.25) is 5.02 Å². The van der Waals surface area contributed by atoms with Crippen molar-refractivity contribution in [3.63, 3.8) is 0 Å². The van der Waals surface area contributed by atoms with Crippen molar-refractivity contribution in [3.8, 4) is 5.75 Å². The second-order valence-electron chi connectivity index (χ2n) is 7.25. The molecule has 9 heteroatoms. The topological polar surface area (TPSA) is 93.2 Å². The average molecular weight is 405 g/mol. The van der Waals surface area contributed by atoms with Crippen molar-refractivity contribution in [2.45, 2.75) is 25.4 Å². The summed E-state index contributed by atoms with van der Waals surface area (Å²) >= 11 is 5.62. The molecule has 2 N–H and O–H groups in total. The molecule has 2 aromatic rings. The predicted molar refractivity (Wildman–Crippen MR) is 97.7 cm³/mol. The number of ether oxygens (including phenoxy) is 1. The SMILES string of the molecule is O=C(COc1ccc(Cl)c(F)c1)NC(NC(=O)C12CC(C1)C2)c1cccnn1. The summed E-state index contributed by atoms with van der Waals surface area (Å²) in [5.74, 6) is -0.395. The molecule has 0 radical (unpaired) electrons. The van der Waals surface area contributed by atoms with Gasteiger partial charge in [-0.25, -0.2) is 4.39 Å². The van der Waals surface area contributed by atoms with Gasteiger partial charge in [0.1, 0.15) is 23.4 Å². The van der Waals surface area contributed by atoms with Crippen molar-refractivity contribution in [2.24, 2.45) is 11.3 Å². The van der Waals surface area contributed by atoms with Crippen LogP contribution in [-0.4, -0.2) is 28.6 Å². The van der Waals surface area contributed by atoms with Crippen LogP contribution in [0.3, 0.4) is 0 Å². The maximum atomic E-state index is 13.5. The molecular weight excluding hydrogens is 387 g/mol. The van der Waals surface area contributed by atoms with Crippen LogP contribution in [0.4, 0.5) is 4.39 Å². The zero-order valence-corrected chi connectivity index (χ0v) is 15.6. The van der Waals surface area contributed by atoms with E-state index in [0.717, 1.165) is 25.3 Å². The molecule has 1 heterocycles. The number of hydrogen-bond acceptors (Lipinski definition) is 5. The fraction of sp³-hybridized carbons (Fsp3) is 0.368. The smallest absolute Gasteiger partial charge is 0.259 e. The number of aromatic nitrogens is 2. The van der Waals surface area contributed by atoms with Gasteiger partial charge in [-0.15, -0.1) is 0 Å². The number of rotatable bonds is 7. The quantitative estimate of drug-likeness (QED) is 0.691. The Balaban J connectivity index is 1.39. The first-order chi connectivity index (χ1) is 13.4. The third-order valence-electron chi connectivity index (χ3n) is 5.25. The number of nitrogens with one attached hydrogen (secondary N) is 2. The lowest BCUT2D eigenvalue weighted by Crippen LogP contribution is -2.61. The summed E-state index contributed by atoms with van der Waals surface area (Å²) in [6, 6.07) is 7.23. The Morgan fingerprint density at radius 1 is 1.29 bits per heavy atom. The van der Waals surface area contributed by atoms with E-state index in [1.54, 1.807) is 12.1 Å². The molecule has 3 saturated carbocycles. The van der Waals surface area contributed by atoms with Crippen LogP contribution in [-0.2, 0) is 9.59 Å². The minimum atomic E-state index is -0.826. The van der Waals surface area contributed by atoms with Crippen molar-refractivity contribution in [2.75, 3.05) is 6.61 Å². The van der Waals surface area contributed by atoms with Crippen LogP contribution >= 0.6 is 11.6 Å². The zero-order chi connectivity index (χ0) is 19.7. The first-order valence-electron chi connectivity index (χ1n) is 8.91. The molecule has 1 atom stereocenters. The van der Waals surface area contributed by atoms with Gasteiger partial charge in [0.2, 0.25) is 5.91 Å². The molecule has 2 amide bonds. The third kappa shape index (κ3) is 3.64. The van der Waals surface area contributed by atoms with Crippen LogP contribution < -0.4 is 15.4 Å². The van der Waals surface area contributed by atoms with E-state index in [9.17, 15) is 14.0 Å². The summed E-state index contributed by atoms with van der Waals surface area (Å²) in [5, 5.41) is 13.3. The maximum absolute atomic E-state index is 13.5. The Morgan fingerprint density at radius 2 is 2.07 bits per heavy atom. The summed E-state index contributed by atoms with van der Waals surface area (Å²) in [4.78, 5) is 24.9. The normalized spacial score (nSPS) is 23.0. The molecule has 1 aromatic carbocycles. The highest BCUT2D eigenvalue weighted by atomic mass is 35.5. The van der Waals surface area contributed by atoms with Crippen molar-refractivity contribution >= 4 is 23.4 Å². The van der Waals surface area contributed by atoms with E-state index in [4.69, 9.17) is 16.3 Å². The van der Waals surface area contributed by atoms with Crippen molar-refractivity contribution in [3.05, 3.63) is 53.1 Å². The van der Waals surface area contributed by atoms with E-state index in [-0.39, 0.29) is 28.7 Å². The first kappa shape index (κ1) is 18.6. The molecule has 0 spiro atoms. The fourth-order valence-corrected chi connectivity index (χ4v) is 3.73. The van der Waals surface area contributed by atoms with Crippen LogP contribution in [0.1, 0.15) is 31.1 Å². The van der Waals surface area contributed by atoms with Gasteiger partial charge in [-0.2, -0.15) is 10.2 Å². The standard InChI is InChI=1S/C19H18ClFN4O3/c20-13-4-3-12(6-14(13)21)28-10-16(26)23-17(15-2-1-5-22-25-15)24-18(27)19-7-11(8-19)9-19/h1-6,11,17H,7-10H2,(H,23,26)(H,24,27). The third-order valence-corrected chi connectivity index (χ3v) is 5.56. The highest BCUT2D eigenvalue weighted by Crippen LogP contribution is 2.64. The van der Waals surface area contributed by atoms with Gasteiger partial charge in [0, 0.05) is 12.3 Å². The van der Waals surface area contributed by atoms with Gasteiger partial charge >= 0.3 is 0 Å². The number of carbonyl (C=O) groups excluding carboxylic acids is 2. The molecule has 0 saturated heterocycles. The Bertz CT molecular complexity index is 894. The lowest BCUT2D eigenvalue weighted by molar-refractivity contribution is -0.166. The van der Waals surface area contributed by atoms with Gasteiger partial charge in [0.15, 0.2) is 6.61 Å². The molecule has 3 aliphatic carbocycles. The average Bonchev–Trinajstić information content (AvgIpc) is 2.60. The van der Waals surface area contributed by atoms with E-state index in [1.165, 1.54) is 18.3 Å². The van der Waals surface area contributed by atoms with Gasteiger partial charge < -0.3 is 15.4 Å². The molecule has 1 aromatic heterocycles. The molecule has 3 aliphatic rings. The van der Waals surface area contributed by atoms with Crippen LogP contribution in [0.5, 0.6) is 5.75 Å². The number of halogens is 2. The molecule has 1 unspecified atom stereocenters. The van der Waals surface area contributed by atoms with E-state index in [0.29, 0.717) is 11.6 Å². The summed E-state index contributed by atoms with van der Waals surface area (Å²) in [7, 11) is 0. The lowest BCUT2D eigenvalue weighted by atomic mass is 9.44. The van der Waals surface area contributed by atoms with Gasteiger partial charge in [-0.1, -0.05) is 11.6 Å². The summed E-state index contributed by atoms with van der Waals surface area (Å²) in [5.41, 5.74) is 0.112. The van der Waals surface area contributed by atoms with Crippen molar-refractivity contribution in [1.82, 2.24) is 20.8 Å².